The number of carboxylic acids is 1. The van der Waals surface area contributed by atoms with Gasteiger partial charge in [-0.3, -0.25) is 9.59 Å². The first kappa shape index (κ1) is 21.0. The molecular formula is C24H28N4O3. The van der Waals surface area contributed by atoms with E-state index in [-0.39, 0.29) is 11.8 Å². The first-order valence-electron chi connectivity index (χ1n) is 10.9. The van der Waals surface area contributed by atoms with Gasteiger partial charge in [0.2, 0.25) is 5.91 Å². The fraction of sp³-hybridized carbons (Fsp3) is 0.417. The summed E-state index contributed by atoms with van der Waals surface area (Å²) in [5, 5.41) is 14.7. The smallest absolute Gasteiger partial charge is 0.319 e. The molecule has 1 aliphatic heterocycles. The van der Waals surface area contributed by atoms with E-state index in [1.54, 1.807) is 18.3 Å². The number of hydrogen-bond acceptors (Lipinski definition) is 5. The number of aliphatic carboxylic acids is 1. The van der Waals surface area contributed by atoms with Crippen molar-refractivity contribution >= 4 is 34.3 Å². The minimum absolute atomic E-state index is 0.0973. The molecule has 3 heterocycles. The van der Waals surface area contributed by atoms with Gasteiger partial charge in [0.15, 0.2) is 0 Å². The van der Waals surface area contributed by atoms with Crippen LogP contribution in [0.1, 0.15) is 45.2 Å². The average Bonchev–Trinajstić information content (AvgIpc) is 2.79. The lowest BCUT2D eigenvalue weighted by molar-refractivity contribution is -0.142. The number of piperidine rings is 1. The van der Waals surface area contributed by atoms with Gasteiger partial charge in [0.05, 0.1) is 5.69 Å². The van der Waals surface area contributed by atoms with Crippen molar-refractivity contribution in [3.63, 3.8) is 0 Å². The van der Waals surface area contributed by atoms with E-state index >= 15 is 0 Å². The Labute approximate surface area is 181 Å². The zero-order valence-electron chi connectivity index (χ0n) is 18.0. The maximum Gasteiger partial charge on any atom is 0.319 e. The van der Waals surface area contributed by atoms with Crippen molar-refractivity contribution in [1.82, 2.24) is 9.97 Å². The number of carboxylic acid groups (broad SMARTS) is 1. The van der Waals surface area contributed by atoms with Crippen LogP contribution in [0.5, 0.6) is 0 Å². The van der Waals surface area contributed by atoms with E-state index in [0.29, 0.717) is 17.9 Å². The van der Waals surface area contributed by atoms with Gasteiger partial charge >= 0.3 is 5.97 Å². The number of carbonyl (C=O) groups excluding carboxylic acids is 1. The Hall–Kier alpha value is -3.22. The third-order valence-electron chi connectivity index (χ3n) is 6.03. The lowest BCUT2D eigenvalue weighted by Crippen LogP contribution is -2.36. The Morgan fingerprint density at radius 2 is 1.94 bits per heavy atom. The second-order valence-electron chi connectivity index (χ2n) is 8.58. The van der Waals surface area contributed by atoms with Gasteiger partial charge in [-0.25, -0.2) is 9.97 Å². The molecule has 0 bridgehead atoms. The van der Waals surface area contributed by atoms with E-state index in [0.717, 1.165) is 42.5 Å². The molecule has 2 aliphatic rings. The molecule has 0 unspecified atom stereocenters. The molecule has 0 spiro atoms. The lowest BCUT2D eigenvalue weighted by atomic mass is 9.78. The van der Waals surface area contributed by atoms with Crippen molar-refractivity contribution in [2.75, 3.05) is 23.3 Å². The average molecular weight is 421 g/mol. The number of nitrogens with one attached hydrogen (secondary N) is 1. The summed E-state index contributed by atoms with van der Waals surface area (Å²) < 4.78 is 0. The van der Waals surface area contributed by atoms with E-state index in [1.165, 1.54) is 6.42 Å². The van der Waals surface area contributed by atoms with E-state index in [9.17, 15) is 14.7 Å². The van der Waals surface area contributed by atoms with Crippen LogP contribution >= 0.6 is 0 Å². The summed E-state index contributed by atoms with van der Waals surface area (Å²) in [6.07, 6.45) is 12.6. The van der Waals surface area contributed by atoms with Gasteiger partial charge in [-0.15, -0.1) is 0 Å². The molecule has 1 fully saturated rings. The molecule has 2 aromatic heterocycles. The normalized spacial score (nSPS) is 20.9. The number of fused-ring (bicyclic) bond motifs is 1. The Bertz CT molecular complexity index is 1070. The molecule has 162 valence electrons. The Kier molecular flexibility index (Phi) is 5.76. The van der Waals surface area contributed by atoms with Gasteiger partial charge < -0.3 is 15.3 Å². The minimum atomic E-state index is -1.20. The van der Waals surface area contributed by atoms with Gasteiger partial charge in [-0.05, 0) is 37.8 Å². The Balaban J connectivity index is 1.86. The highest BCUT2D eigenvalue weighted by Crippen LogP contribution is 2.37. The number of amides is 1. The van der Waals surface area contributed by atoms with Crippen LogP contribution < -0.4 is 10.2 Å². The highest BCUT2D eigenvalue weighted by Gasteiger charge is 2.40. The van der Waals surface area contributed by atoms with Crippen LogP contribution in [0.3, 0.4) is 0 Å². The topological polar surface area (TPSA) is 95.4 Å². The van der Waals surface area contributed by atoms with Crippen LogP contribution in [0.25, 0.3) is 10.8 Å². The maximum absolute atomic E-state index is 12.3. The SMILES string of the molecule is CC(C)C(=O)Nc1cc2c(N3CCCCC3)nc([C@]3(C(=O)O)C=CC=CC3)cc2cn1. The summed E-state index contributed by atoms with van der Waals surface area (Å²) >= 11 is 0. The molecular weight excluding hydrogens is 392 g/mol. The zero-order chi connectivity index (χ0) is 22.0. The van der Waals surface area contributed by atoms with Crippen LogP contribution in [0.15, 0.2) is 42.6 Å². The van der Waals surface area contributed by atoms with Crippen molar-refractivity contribution in [2.45, 2.75) is 44.9 Å². The number of rotatable bonds is 5. The van der Waals surface area contributed by atoms with E-state index in [2.05, 4.69) is 15.2 Å². The lowest BCUT2D eigenvalue weighted by Gasteiger charge is -2.32. The van der Waals surface area contributed by atoms with Crippen LogP contribution in [-0.4, -0.2) is 40.0 Å². The molecule has 4 rings (SSSR count). The summed E-state index contributed by atoms with van der Waals surface area (Å²) in [5.41, 5.74) is -0.688. The second kappa shape index (κ2) is 8.49. The van der Waals surface area contributed by atoms with Crippen molar-refractivity contribution in [2.24, 2.45) is 5.92 Å². The molecule has 31 heavy (non-hydrogen) atoms. The fourth-order valence-corrected chi connectivity index (χ4v) is 4.12. The molecule has 7 nitrogen and oxygen atoms in total. The quantitative estimate of drug-likeness (QED) is 0.758. The highest BCUT2D eigenvalue weighted by molar-refractivity contribution is 5.98. The zero-order valence-corrected chi connectivity index (χ0v) is 18.0. The summed E-state index contributed by atoms with van der Waals surface area (Å²) in [7, 11) is 0. The summed E-state index contributed by atoms with van der Waals surface area (Å²) in [6.45, 7) is 5.41. The fourth-order valence-electron chi connectivity index (χ4n) is 4.12. The van der Waals surface area contributed by atoms with E-state index in [1.807, 2.05) is 38.1 Å². The van der Waals surface area contributed by atoms with Crippen LogP contribution in [0, 0.1) is 5.92 Å². The summed E-state index contributed by atoms with van der Waals surface area (Å²) in [4.78, 5) is 36.0. The Morgan fingerprint density at radius 1 is 1.16 bits per heavy atom. The van der Waals surface area contributed by atoms with Gasteiger partial charge in [-0.2, -0.15) is 0 Å². The van der Waals surface area contributed by atoms with E-state index < -0.39 is 11.4 Å². The molecule has 0 saturated carbocycles. The highest BCUT2D eigenvalue weighted by atomic mass is 16.4. The largest absolute Gasteiger partial charge is 0.480 e. The van der Waals surface area contributed by atoms with Gasteiger partial charge in [0.25, 0.3) is 0 Å². The second-order valence-corrected chi connectivity index (χ2v) is 8.58. The monoisotopic (exact) mass is 420 g/mol. The molecule has 1 amide bonds. The van der Waals surface area contributed by atoms with Crippen molar-refractivity contribution < 1.29 is 14.7 Å². The third kappa shape index (κ3) is 4.04. The number of hydrogen-bond donors (Lipinski definition) is 2. The van der Waals surface area contributed by atoms with E-state index in [4.69, 9.17) is 4.98 Å². The number of aromatic nitrogens is 2. The molecule has 2 N–H and O–H groups in total. The molecule has 1 aliphatic carbocycles. The number of pyridine rings is 2. The summed E-state index contributed by atoms with van der Waals surface area (Å²) in [5.74, 6) is 0.0741. The third-order valence-corrected chi connectivity index (χ3v) is 6.03. The number of carbonyl (C=O) groups is 2. The van der Waals surface area contributed by atoms with Gasteiger partial charge in [0, 0.05) is 36.0 Å². The maximum atomic E-state index is 12.3. The van der Waals surface area contributed by atoms with Gasteiger partial charge in [0.1, 0.15) is 17.1 Å². The van der Waals surface area contributed by atoms with Crippen LogP contribution in [0.4, 0.5) is 11.6 Å². The summed E-state index contributed by atoms with van der Waals surface area (Å²) in [6, 6.07) is 3.67. The number of allylic oxidation sites excluding steroid dienone is 3. The van der Waals surface area contributed by atoms with Crippen LogP contribution in [-0.2, 0) is 15.0 Å². The number of anilines is 2. The molecule has 7 heteroatoms. The first-order valence-corrected chi connectivity index (χ1v) is 10.9. The van der Waals surface area contributed by atoms with Crippen molar-refractivity contribution in [3.05, 3.63) is 48.3 Å². The molecule has 0 aromatic carbocycles. The van der Waals surface area contributed by atoms with Crippen molar-refractivity contribution in [3.8, 4) is 0 Å². The van der Waals surface area contributed by atoms with Crippen molar-refractivity contribution in [1.29, 1.82) is 0 Å². The first-order chi connectivity index (χ1) is 14.9. The molecule has 1 saturated heterocycles. The molecule has 1 atom stereocenters. The minimum Gasteiger partial charge on any atom is -0.480 e. The standard InChI is InChI=1S/C24H28N4O3/c1-16(2)22(29)27-20-14-18-17(15-25-20)13-19(24(23(30)31)9-5-3-6-10-24)26-21(18)28-11-7-4-8-12-28/h3,5-6,9,13-16H,4,7-8,10-12H2,1-2H3,(H,30,31)(H,25,27,29)/t24-/m0/s1. The number of nitrogens with zero attached hydrogens (tertiary/aromatic N) is 3. The Morgan fingerprint density at radius 3 is 2.58 bits per heavy atom. The predicted octanol–water partition coefficient (Wildman–Crippen LogP) is 4.05. The molecule has 2 aromatic rings. The van der Waals surface area contributed by atoms with Gasteiger partial charge in [-0.1, -0.05) is 38.2 Å². The predicted molar refractivity (Wildman–Crippen MR) is 121 cm³/mol. The molecule has 0 radical (unpaired) electrons. The van der Waals surface area contributed by atoms with Crippen LogP contribution in [0.2, 0.25) is 0 Å².